The van der Waals surface area contributed by atoms with E-state index in [1.165, 1.54) is 23.8 Å². The average Bonchev–Trinajstić information content (AvgIpc) is 2.90. The summed E-state index contributed by atoms with van der Waals surface area (Å²) < 4.78 is 3.16. The summed E-state index contributed by atoms with van der Waals surface area (Å²) >= 11 is 0. The average molecular weight is 334 g/mol. The molecule has 24 heavy (non-hydrogen) atoms. The Balaban J connectivity index is 2.41. The number of unbranched alkanes of at least 4 members (excludes halogenated alkanes) is 4. The van der Waals surface area contributed by atoms with E-state index in [-0.39, 0.29) is 0 Å². The van der Waals surface area contributed by atoms with Crippen LogP contribution in [-0.4, -0.2) is 24.8 Å². The van der Waals surface area contributed by atoms with Gasteiger partial charge in [0.25, 0.3) is 5.56 Å². The summed E-state index contributed by atoms with van der Waals surface area (Å²) in [6.07, 6.45) is 5.61. The van der Waals surface area contributed by atoms with Gasteiger partial charge in [-0.2, -0.15) is 10.1 Å². The van der Waals surface area contributed by atoms with Gasteiger partial charge < -0.3 is 4.57 Å². The van der Waals surface area contributed by atoms with E-state index in [0.717, 1.165) is 18.6 Å². The third kappa shape index (κ3) is 3.93. The Labute approximate surface area is 140 Å². The Hall–Kier alpha value is -2.38. The maximum absolute atomic E-state index is 12.3. The second-order valence-corrected chi connectivity index (χ2v) is 6.16. The summed E-state index contributed by atoms with van der Waals surface area (Å²) in [5.74, 6) is 0.480. The first-order chi connectivity index (χ1) is 11.5. The first-order valence-electron chi connectivity index (χ1n) is 8.42. The molecule has 2 aromatic heterocycles. The molecule has 0 bridgehead atoms. The number of hydrogen-bond acceptors (Lipinski definition) is 5. The molecule has 0 aromatic carbocycles. The van der Waals surface area contributed by atoms with Gasteiger partial charge in [0.15, 0.2) is 11.2 Å². The molecular weight excluding hydrogens is 308 g/mol. The van der Waals surface area contributed by atoms with E-state index in [1.807, 2.05) is 18.4 Å². The highest BCUT2D eigenvalue weighted by Crippen LogP contribution is 2.17. The summed E-state index contributed by atoms with van der Waals surface area (Å²) in [7, 11) is 1.59. The maximum atomic E-state index is 12.3. The molecule has 2 heterocycles. The van der Waals surface area contributed by atoms with Crippen LogP contribution in [0.5, 0.6) is 0 Å². The van der Waals surface area contributed by atoms with Crippen molar-refractivity contribution in [3.8, 4) is 0 Å². The van der Waals surface area contributed by atoms with Crippen LogP contribution in [0.25, 0.3) is 11.2 Å². The number of nitrogens with zero attached hydrogens (tertiary/aromatic N) is 4. The van der Waals surface area contributed by atoms with Gasteiger partial charge in [-0.1, -0.05) is 32.6 Å². The van der Waals surface area contributed by atoms with Gasteiger partial charge in [-0.25, -0.2) is 10.2 Å². The van der Waals surface area contributed by atoms with Gasteiger partial charge in [0.2, 0.25) is 5.95 Å². The number of hydrogen-bond donors (Lipinski definition) is 2. The van der Waals surface area contributed by atoms with Gasteiger partial charge in [0, 0.05) is 19.3 Å². The Bertz CT molecular complexity index is 839. The highest BCUT2D eigenvalue weighted by molar-refractivity contribution is 5.80. The van der Waals surface area contributed by atoms with Crippen LogP contribution in [0.3, 0.4) is 0 Å². The summed E-state index contributed by atoms with van der Waals surface area (Å²) in [5.41, 5.74) is 3.63. The fourth-order valence-corrected chi connectivity index (χ4v) is 2.57. The lowest BCUT2D eigenvalue weighted by Gasteiger charge is -2.08. The van der Waals surface area contributed by atoms with Gasteiger partial charge in [0.05, 0.1) is 0 Å². The van der Waals surface area contributed by atoms with E-state index in [2.05, 4.69) is 27.4 Å². The zero-order chi connectivity index (χ0) is 17.7. The van der Waals surface area contributed by atoms with Crippen LogP contribution in [0, 0.1) is 0 Å². The summed E-state index contributed by atoms with van der Waals surface area (Å²) in [6.45, 7) is 6.57. The van der Waals surface area contributed by atoms with Gasteiger partial charge >= 0.3 is 5.69 Å². The van der Waals surface area contributed by atoms with E-state index in [0.29, 0.717) is 23.7 Å². The maximum Gasteiger partial charge on any atom is 0.329 e. The Kier molecular flexibility index (Phi) is 5.94. The number of hydrazone groups is 1. The largest absolute Gasteiger partial charge is 0.329 e. The van der Waals surface area contributed by atoms with Crippen LogP contribution in [-0.2, 0) is 13.6 Å². The molecule has 0 aliphatic heterocycles. The van der Waals surface area contributed by atoms with Crippen molar-refractivity contribution >= 4 is 22.8 Å². The van der Waals surface area contributed by atoms with Crippen molar-refractivity contribution < 1.29 is 0 Å². The minimum Gasteiger partial charge on any atom is -0.303 e. The van der Waals surface area contributed by atoms with Crippen LogP contribution in [0.15, 0.2) is 14.7 Å². The molecule has 0 unspecified atom stereocenters. The van der Waals surface area contributed by atoms with Gasteiger partial charge in [-0.05, 0) is 20.3 Å². The number of H-pyrrole nitrogens is 1. The van der Waals surface area contributed by atoms with Crippen LogP contribution in [0.4, 0.5) is 5.95 Å². The van der Waals surface area contributed by atoms with Crippen LogP contribution in [0.2, 0.25) is 0 Å². The number of rotatable bonds is 8. The SMILES string of the molecule is CCCCCCCn1c(NN=C(C)C)nc2c1c(=O)[nH]c(=O)n2C. The smallest absolute Gasteiger partial charge is 0.303 e. The molecule has 8 nitrogen and oxygen atoms in total. The molecular formula is C16H26N6O2. The van der Waals surface area contributed by atoms with Crippen molar-refractivity contribution in [1.82, 2.24) is 19.1 Å². The lowest BCUT2D eigenvalue weighted by Crippen LogP contribution is -2.29. The predicted octanol–water partition coefficient (Wildman–Crippen LogP) is 2.20. The molecule has 8 heteroatoms. The van der Waals surface area contributed by atoms with E-state index < -0.39 is 11.2 Å². The number of aryl methyl sites for hydroxylation is 2. The van der Waals surface area contributed by atoms with Crippen LogP contribution in [0.1, 0.15) is 52.9 Å². The second-order valence-electron chi connectivity index (χ2n) is 6.16. The van der Waals surface area contributed by atoms with Crippen LogP contribution < -0.4 is 16.7 Å². The number of aromatic nitrogens is 4. The number of nitrogens with one attached hydrogen (secondary N) is 2. The minimum atomic E-state index is -0.471. The molecule has 2 N–H and O–H groups in total. The number of aromatic amines is 1. The monoisotopic (exact) mass is 334 g/mol. The van der Waals surface area contributed by atoms with Crippen molar-refractivity contribution in [2.45, 2.75) is 59.4 Å². The van der Waals surface area contributed by atoms with Crippen molar-refractivity contribution in [2.75, 3.05) is 5.43 Å². The molecule has 0 atom stereocenters. The van der Waals surface area contributed by atoms with E-state index >= 15 is 0 Å². The molecule has 132 valence electrons. The zero-order valence-electron chi connectivity index (χ0n) is 14.8. The number of fused-ring (bicyclic) bond motifs is 1. The highest BCUT2D eigenvalue weighted by atomic mass is 16.2. The van der Waals surface area contributed by atoms with Crippen molar-refractivity contribution in [2.24, 2.45) is 12.1 Å². The summed E-state index contributed by atoms with van der Waals surface area (Å²) in [4.78, 5) is 30.8. The lowest BCUT2D eigenvalue weighted by atomic mass is 10.1. The molecule has 0 radical (unpaired) electrons. The third-order valence-electron chi connectivity index (χ3n) is 3.87. The van der Waals surface area contributed by atoms with Crippen molar-refractivity contribution in [3.05, 3.63) is 20.8 Å². The fraction of sp³-hybridized carbons (Fsp3) is 0.625. The summed E-state index contributed by atoms with van der Waals surface area (Å²) in [5, 5.41) is 4.17. The first kappa shape index (κ1) is 18.0. The standard InChI is InChI=1S/C16H26N6O2/c1-5-6-7-8-9-10-22-12-13(17-15(22)20-19-11(2)3)21(4)16(24)18-14(12)23/h5-10H2,1-4H3,(H,17,20)(H,18,23,24). The number of anilines is 1. The quantitative estimate of drug-likeness (QED) is 0.439. The van der Waals surface area contributed by atoms with E-state index in [4.69, 9.17) is 0 Å². The Morgan fingerprint density at radius 3 is 2.58 bits per heavy atom. The second kappa shape index (κ2) is 7.94. The van der Waals surface area contributed by atoms with E-state index in [9.17, 15) is 9.59 Å². The van der Waals surface area contributed by atoms with Gasteiger partial charge in [0.1, 0.15) is 0 Å². The van der Waals surface area contributed by atoms with Crippen molar-refractivity contribution in [3.63, 3.8) is 0 Å². The Morgan fingerprint density at radius 1 is 1.21 bits per heavy atom. The van der Waals surface area contributed by atoms with Crippen molar-refractivity contribution in [1.29, 1.82) is 0 Å². The molecule has 0 saturated carbocycles. The Morgan fingerprint density at radius 2 is 1.92 bits per heavy atom. The normalized spacial score (nSPS) is 11.0. The lowest BCUT2D eigenvalue weighted by molar-refractivity contribution is 0.577. The fourth-order valence-electron chi connectivity index (χ4n) is 2.57. The summed E-state index contributed by atoms with van der Waals surface area (Å²) in [6, 6.07) is 0. The highest BCUT2D eigenvalue weighted by Gasteiger charge is 2.16. The third-order valence-corrected chi connectivity index (χ3v) is 3.87. The molecule has 0 saturated heterocycles. The predicted molar refractivity (Wildman–Crippen MR) is 96.8 cm³/mol. The molecule has 0 amide bonds. The zero-order valence-corrected chi connectivity index (χ0v) is 14.8. The van der Waals surface area contributed by atoms with E-state index in [1.54, 1.807) is 7.05 Å². The molecule has 0 spiro atoms. The topological polar surface area (TPSA) is 97.1 Å². The van der Waals surface area contributed by atoms with Gasteiger partial charge in [-0.3, -0.25) is 14.3 Å². The first-order valence-corrected chi connectivity index (χ1v) is 8.42. The molecule has 2 rings (SSSR count). The number of imidazole rings is 1. The molecule has 2 aromatic rings. The molecule has 0 aliphatic carbocycles. The van der Waals surface area contributed by atoms with Crippen LogP contribution >= 0.6 is 0 Å². The molecule has 0 aliphatic rings. The minimum absolute atomic E-state index is 0.365. The van der Waals surface area contributed by atoms with Gasteiger partial charge in [-0.15, -0.1) is 0 Å². The molecule has 0 fully saturated rings.